The summed E-state index contributed by atoms with van der Waals surface area (Å²) in [6, 6.07) is 10.9. The topological polar surface area (TPSA) is 84.9 Å². The smallest absolute Gasteiger partial charge is 0.246 e. The third-order valence-corrected chi connectivity index (χ3v) is 7.36. The number of rotatable bonds is 8. The minimum Gasteiger partial charge on any atom is -0.495 e. The molecule has 8 heteroatoms. The number of amides is 1. The maximum Gasteiger partial charge on any atom is 0.246 e. The van der Waals surface area contributed by atoms with Crippen LogP contribution in [0, 0.1) is 0 Å². The van der Waals surface area contributed by atoms with Crippen LogP contribution in [-0.4, -0.2) is 52.0 Å². The number of morpholine rings is 1. The molecule has 1 saturated heterocycles. The summed E-state index contributed by atoms with van der Waals surface area (Å²) < 4.78 is 38.3. The molecule has 1 amide bonds. The number of sulfonamides is 1. The zero-order valence-corrected chi connectivity index (χ0v) is 19.1. The van der Waals surface area contributed by atoms with E-state index in [1.165, 1.54) is 17.5 Å². The van der Waals surface area contributed by atoms with E-state index in [2.05, 4.69) is 19.2 Å². The Labute approximate surface area is 184 Å². The number of nitrogens with one attached hydrogen (secondary N) is 1. The van der Waals surface area contributed by atoms with Crippen molar-refractivity contribution in [2.45, 2.75) is 38.0 Å². The van der Waals surface area contributed by atoms with Crippen molar-refractivity contribution in [2.24, 2.45) is 0 Å². The summed E-state index contributed by atoms with van der Waals surface area (Å²) in [4.78, 5) is 12.9. The highest BCUT2D eigenvalue weighted by Gasteiger charge is 2.29. The van der Waals surface area contributed by atoms with Crippen LogP contribution in [0.4, 0.5) is 5.69 Å². The third-order valence-electron chi connectivity index (χ3n) is 5.44. The number of carbonyl (C=O) groups excluding carboxylic acids is 1. The zero-order chi connectivity index (χ0) is 22.4. The van der Waals surface area contributed by atoms with E-state index in [1.807, 2.05) is 18.2 Å². The fourth-order valence-electron chi connectivity index (χ4n) is 3.73. The number of aryl methyl sites for hydroxylation is 2. The van der Waals surface area contributed by atoms with Crippen molar-refractivity contribution in [1.29, 1.82) is 0 Å². The molecule has 1 aliphatic heterocycles. The van der Waals surface area contributed by atoms with Crippen LogP contribution in [-0.2, 0) is 38.8 Å². The second-order valence-corrected chi connectivity index (χ2v) is 9.29. The summed E-state index contributed by atoms with van der Waals surface area (Å²) in [6.07, 6.45) is 1.69. The average Bonchev–Trinajstić information content (AvgIpc) is 2.79. The molecule has 168 valence electrons. The Hall–Kier alpha value is -2.42. The van der Waals surface area contributed by atoms with E-state index >= 15 is 0 Å². The van der Waals surface area contributed by atoms with Crippen molar-refractivity contribution < 1.29 is 22.7 Å². The van der Waals surface area contributed by atoms with E-state index in [-0.39, 0.29) is 23.0 Å². The van der Waals surface area contributed by atoms with Gasteiger partial charge in [-0.1, -0.05) is 38.1 Å². The van der Waals surface area contributed by atoms with Crippen molar-refractivity contribution >= 4 is 21.6 Å². The number of anilines is 1. The lowest BCUT2D eigenvalue weighted by molar-refractivity contribution is -0.115. The van der Waals surface area contributed by atoms with Crippen molar-refractivity contribution in [2.75, 3.05) is 38.7 Å². The minimum atomic E-state index is -3.75. The molecule has 7 nitrogen and oxygen atoms in total. The van der Waals surface area contributed by atoms with Gasteiger partial charge in [0.25, 0.3) is 0 Å². The minimum absolute atomic E-state index is 0.0663. The fourth-order valence-corrected chi connectivity index (χ4v) is 5.34. The molecule has 3 rings (SSSR count). The van der Waals surface area contributed by atoms with Crippen LogP contribution in [0.3, 0.4) is 0 Å². The van der Waals surface area contributed by atoms with Crippen LogP contribution in [0.15, 0.2) is 41.3 Å². The Balaban J connectivity index is 1.85. The highest BCUT2D eigenvalue weighted by molar-refractivity contribution is 7.89. The molecule has 0 atom stereocenters. The number of ether oxygens (including phenoxy) is 2. The van der Waals surface area contributed by atoms with Gasteiger partial charge in [-0.3, -0.25) is 4.79 Å². The second kappa shape index (κ2) is 10.3. The zero-order valence-electron chi connectivity index (χ0n) is 18.3. The van der Waals surface area contributed by atoms with Gasteiger partial charge in [-0.2, -0.15) is 4.31 Å². The Morgan fingerprint density at radius 2 is 1.74 bits per heavy atom. The Bertz CT molecular complexity index is 1010. The van der Waals surface area contributed by atoms with Crippen LogP contribution < -0.4 is 10.1 Å². The molecule has 0 unspecified atom stereocenters. The van der Waals surface area contributed by atoms with Crippen molar-refractivity contribution in [3.8, 4) is 5.75 Å². The van der Waals surface area contributed by atoms with Gasteiger partial charge in [0.1, 0.15) is 10.6 Å². The Morgan fingerprint density at radius 3 is 2.32 bits per heavy atom. The summed E-state index contributed by atoms with van der Waals surface area (Å²) in [7, 11) is -2.31. The third kappa shape index (κ3) is 5.26. The molecule has 1 N–H and O–H groups in total. The first-order chi connectivity index (χ1) is 14.9. The number of hydrogen-bond donors (Lipinski definition) is 1. The monoisotopic (exact) mass is 446 g/mol. The number of methoxy groups -OCH3 is 1. The van der Waals surface area contributed by atoms with E-state index < -0.39 is 10.0 Å². The van der Waals surface area contributed by atoms with Crippen LogP contribution in [0.1, 0.15) is 30.5 Å². The molecule has 0 spiro atoms. The molecule has 0 saturated carbocycles. The van der Waals surface area contributed by atoms with Crippen LogP contribution in [0.25, 0.3) is 0 Å². The van der Waals surface area contributed by atoms with Gasteiger partial charge in [0, 0.05) is 18.8 Å². The van der Waals surface area contributed by atoms with E-state index in [0.717, 1.165) is 29.7 Å². The quantitative estimate of drug-likeness (QED) is 0.674. The summed E-state index contributed by atoms with van der Waals surface area (Å²) >= 11 is 0. The molecule has 2 aromatic rings. The average molecular weight is 447 g/mol. The van der Waals surface area contributed by atoms with E-state index in [0.29, 0.717) is 31.9 Å². The maximum absolute atomic E-state index is 13.2. The Kier molecular flexibility index (Phi) is 7.69. The van der Waals surface area contributed by atoms with Crippen molar-refractivity contribution in [1.82, 2.24) is 4.31 Å². The molecule has 31 heavy (non-hydrogen) atoms. The maximum atomic E-state index is 13.2. The van der Waals surface area contributed by atoms with Gasteiger partial charge in [-0.15, -0.1) is 0 Å². The van der Waals surface area contributed by atoms with Gasteiger partial charge >= 0.3 is 0 Å². The highest BCUT2D eigenvalue weighted by atomic mass is 32.2. The first-order valence-corrected chi connectivity index (χ1v) is 12.0. The summed E-state index contributed by atoms with van der Waals surface area (Å²) in [5.41, 5.74) is 3.63. The fraction of sp³-hybridized carbons (Fsp3) is 0.435. The molecule has 0 bridgehead atoms. The van der Waals surface area contributed by atoms with Crippen LogP contribution in [0.5, 0.6) is 5.75 Å². The number of nitrogens with zero attached hydrogens (tertiary/aromatic N) is 1. The highest BCUT2D eigenvalue weighted by Crippen LogP contribution is 2.29. The van der Waals surface area contributed by atoms with Gasteiger partial charge in [-0.25, -0.2) is 8.42 Å². The molecule has 1 heterocycles. The number of benzene rings is 2. The number of carbonyl (C=O) groups is 1. The molecule has 0 aliphatic carbocycles. The molecule has 0 aromatic heterocycles. The normalized spacial score (nSPS) is 14.9. The summed E-state index contributed by atoms with van der Waals surface area (Å²) in [6.45, 7) is 5.42. The molecule has 1 aliphatic rings. The van der Waals surface area contributed by atoms with Gasteiger partial charge < -0.3 is 14.8 Å². The van der Waals surface area contributed by atoms with Gasteiger partial charge in [-0.05, 0) is 41.7 Å². The standard InChI is InChI=1S/C23H30N2O5S/c1-4-18-7-6-8-19(5-2)23(18)24-22(26)16-17-9-10-20(29-3)21(15-17)31(27,28)25-11-13-30-14-12-25/h6-10,15H,4-5,11-14,16H2,1-3H3,(H,24,26). The molecular weight excluding hydrogens is 416 g/mol. The lowest BCUT2D eigenvalue weighted by Crippen LogP contribution is -2.40. The first kappa shape index (κ1) is 23.2. The van der Waals surface area contributed by atoms with Gasteiger partial charge in [0.2, 0.25) is 15.9 Å². The van der Waals surface area contributed by atoms with E-state index in [1.54, 1.807) is 12.1 Å². The van der Waals surface area contributed by atoms with Crippen molar-refractivity contribution in [3.63, 3.8) is 0 Å². The molecule has 1 fully saturated rings. The number of para-hydroxylation sites is 1. The second-order valence-electron chi connectivity index (χ2n) is 7.38. The Morgan fingerprint density at radius 1 is 1.10 bits per heavy atom. The van der Waals surface area contributed by atoms with Crippen LogP contribution >= 0.6 is 0 Å². The van der Waals surface area contributed by atoms with Crippen LogP contribution in [0.2, 0.25) is 0 Å². The molecular formula is C23H30N2O5S. The number of hydrogen-bond acceptors (Lipinski definition) is 5. The predicted molar refractivity (Wildman–Crippen MR) is 120 cm³/mol. The predicted octanol–water partition coefficient (Wildman–Crippen LogP) is 3.02. The summed E-state index contributed by atoms with van der Waals surface area (Å²) in [5, 5.41) is 3.03. The lowest BCUT2D eigenvalue weighted by atomic mass is 10.0. The van der Waals surface area contributed by atoms with Gasteiger partial charge in [0.15, 0.2) is 0 Å². The molecule has 2 aromatic carbocycles. The first-order valence-electron chi connectivity index (χ1n) is 10.6. The van der Waals surface area contributed by atoms with E-state index in [4.69, 9.17) is 9.47 Å². The van der Waals surface area contributed by atoms with E-state index in [9.17, 15) is 13.2 Å². The SMILES string of the molecule is CCc1cccc(CC)c1NC(=O)Cc1ccc(OC)c(S(=O)(=O)N2CCOCC2)c1. The van der Waals surface area contributed by atoms with Gasteiger partial charge in [0.05, 0.1) is 26.7 Å². The van der Waals surface area contributed by atoms with Crippen molar-refractivity contribution in [3.05, 3.63) is 53.1 Å². The largest absolute Gasteiger partial charge is 0.495 e. The molecule has 0 radical (unpaired) electrons. The lowest BCUT2D eigenvalue weighted by Gasteiger charge is -2.26. The summed E-state index contributed by atoms with van der Waals surface area (Å²) in [5.74, 6) is 0.0794.